The fourth-order valence-corrected chi connectivity index (χ4v) is 0.215. The predicted molar refractivity (Wildman–Crippen MR) is 23.6 cm³/mol. The Morgan fingerprint density at radius 1 is 1.86 bits per heavy atom. The molecule has 0 aliphatic heterocycles. The summed E-state index contributed by atoms with van der Waals surface area (Å²) >= 11 is 0. The van der Waals surface area contributed by atoms with E-state index < -0.39 is 13.0 Å². The second-order valence-electron chi connectivity index (χ2n) is 1.33. The van der Waals surface area contributed by atoms with Gasteiger partial charge in [-0.05, 0) is 6.92 Å². The van der Waals surface area contributed by atoms with E-state index in [9.17, 15) is 4.39 Å². The number of alkyl halides is 1. The van der Waals surface area contributed by atoms with Crippen molar-refractivity contribution in [3.63, 3.8) is 0 Å². The maximum atomic E-state index is 11.0. The second-order valence-corrected chi connectivity index (χ2v) is 1.33. The zero-order valence-corrected chi connectivity index (χ0v) is 4.22. The summed E-state index contributed by atoms with van der Waals surface area (Å²) in [5.74, 6) is 0. The van der Waals surface area contributed by atoms with E-state index in [1.165, 1.54) is 6.92 Å². The lowest BCUT2D eigenvalue weighted by Crippen LogP contribution is -2.09. The van der Waals surface area contributed by atoms with Crippen LogP contribution in [0.3, 0.4) is 0 Å². The Morgan fingerprint density at radius 3 is 2.57 bits per heavy atom. The molecule has 0 saturated carbocycles. The van der Waals surface area contributed by atoms with Crippen LogP contribution in [0.15, 0.2) is 0 Å². The zero-order chi connectivity index (χ0) is 5.70. The first kappa shape index (κ1) is 6.85. The van der Waals surface area contributed by atoms with Gasteiger partial charge in [0, 0.05) is 0 Å². The van der Waals surface area contributed by atoms with Crippen LogP contribution in [0.25, 0.3) is 0 Å². The van der Waals surface area contributed by atoms with Crippen molar-refractivity contribution in [1.29, 1.82) is 0 Å². The fraction of sp³-hybridized carbons (Fsp3) is 1.00. The lowest BCUT2D eigenvalue weighted by molar-refractivity contribution is 0.00327. The molecule has 1 atom stereocenters. The van der Waals surface area contributed by atoms with E-state index in [0.717, 1.165) is 0 Å². The minimum absolute atomic E-state index is 0.0799. The van der Waals surface area contributed by atoms with Crippen LogP contribution in [0, 0.1) is 0 Å². The Balaban J connectivity index is 2.68. The maximum absolute atomic E-state index is 11.0. The third-order valence-corrected chi connectivity index (χ3v) is 0.436. The van der Waals surface area contributed by atoms with E-state index in [4.69, 9.17) is 5.11 Å². The van der Waals surface area contributed by atoms with Gasteiger partial charge in [-0.25, -0.2) is 4.39 Å². The number of hydrogen-bond acceptors (Lipinski definition) is 2. The average molecular weight is 108 g/mol. The van der Waals surface area contributed by atoms with Crippen LogP contribution >= 0.6 is 0 Å². The van der Waals surface area contributed by atoms with Crippen LogP contribution in [-0.4, -0.2) is 24.7 Å². The molecule has 0 rings (SSSR count). The second kappa shape index (κ2) is 4.02. The van der Waals surface area contributed by atoms with Gasteiger partial charge in [-0.1, -0.05) is 0 Å². The van der Waals surface area contributed by atoms with Crippen LogP contribution in [0.4, 0.5) is 4.39 Å². The van der Waals surface area contributed by atoms with Gasteiger partial charge < -0.3 is 9.84 Å². The molecule has 0 radical (unpaired) electrons. The molecule has 1 N–H and O–H groups in total. The summed E-state index contributed by atoms with van der Waals surface area (Å²) in [6, 6.07) is 0. The van der Waals surface area contributed by atoms with E-state index in [1.54, 1.807) is 0 Å². The number of rotatable bonds is 3. The van der Waals surface area contributed by atoms with Gasteiger partial charge in [0.2, 0.25) is 0 Å². The minimum atomic E-state index is -0.815. The summed E-state index contributed by atoms with van der Waals surface area (Å²) in [6.45, 7) is 0.803. The maximum Gasteiger partial charge on any atom is 0.188 e. The molecular formula is C4H9FO2. The highest BCUT2D eigenvalue weighted by atomic mass is 19.1. The number of halogens is 1. The molecule has 0 aliphatic rings. The van der Waals surface area contributed by atoms with Crippen molar-refractivity contribution in [3.8, 4) is 0 Å². The monoisotopic (exact) mass is 108 g/mol. The predicted octanol–water partition coefficient (Wildman–Crippen LogP) is 0.311. The van der Waals surface area contributed by atoms with E-state index in [0.29, 0.717) is 0 Å². The van der Waals surface area contributed by atoms with Crippen LogP contribution in [0.2, 0.25) is 0 Å². The van der Waals surface area contributed by atoms with Gasteiger partial charge in [0.05, 0.1) is 12.7 Å². The van der Waals surface area contributed by atoms with Crippen molar-refractivity contribution in [2.24, 2.45) is 0 Å². The molecule has 44 valence electrons. The molecule has 0 aromatic rings. The molecule has 0 unspecified atom stereocenters. The Kier molecular flexibility index (Phi) is 3.93. The molecule has 0 aliphatic carbocycles. The molecule has 0 amide bonds. The van der Waals surface area contributed by atoms with Gasteiger partial charge in [-0.2, -0.15) is 0 Å². The highest BCUT2D eigenvalue weighted by molar-refractivity contribution is 4.37. The smallest absolute Gasteiger partial charge is 0.188 e. The largest absolute Gasteiger partial charge is 0.391 e. The summed E-state index contributed by atoms with van der Waals surface area (Å²) in [5.41, 5.74) is 0. The van der Waals surface area contributed by atoms with Crippen molar-refractivity contribution >= 4 is 0 Å². The van der Waals surface area contributed by atoms with Crippen LogP contribution in [-0.2, 0) is 4.74 Å². The first-order valence-corrected chi connectivity index (χ1v) is 2.09. The average Bonchev–Trinajstić information content (AvgIpc) is 1.61. The molecule has 0 aromatic heterocycles. The van der Waals surface area contributed by atoms with Crippen LogP contribution in [0.1, 0.15) is 6.92 Å². The SMILES string of the molecule is C[C@H](O)COCF. The van der Waals surface area contributed by atoms with Crippen molar-refractivity contribution < 1.29 is 14.2 Å². The molecule has 0 spiro atoms. The number of aliphatic hydroxyl groups is 1. The first-order chi connectivity index (χ1) is 3.27. The van der Waals surface area contributed by atoms with Gasteiger partial charge in [-0.15, -0.1) is 0 Å². The number of ether oxygens (including phenoxy) is 1. The van der Waals surface area contributed by atoms with Crippen molar-refractivity contribution in [2.45, 2.75) is 13.0 Å². The quantitative estimate of drug-likeness (QED) is 0.563. The Bertz CT molecular complexity index is 38.7. The summed E-state index contributed by atoms with van der Waals surface area (Å²) in [6.07, 6.45) is -0.559. The molecule has 7 heavy (non-hydrogen) atoms. The van der Waals surface area contributed by atoms with Crippen molar-refractivity contribution in [3.05, 3.63) is 0 Å². The van der Waals surface area contributed by atoms with Crippen molar-refractivity contribution in [1.82, 2.24) is 0 Å². The van der Waals surface area contributed by atoms with E-state index in [-0.39, 0.29) is 6.61 Å². The molecular weight excluding hydrogens is 99.0 g/mol. The molecule has 3 heteroatoms. The highest BCUT2D eigenvalue weighted by Gasteiger charge is 1.91. The highest BCUT2D eigenvalue weighted by Crippen LogP contribution is 1.80. The van der Waals surface area contributed by atoms with E-state index in [2.05, 4.69) is 4.74 Å². The summed E-state index contributed by atoms with van der Waals surface area (Å²) in [5, 5.41) is 8.39. The molecule has 0 bridgehead atoms. The third kappa shape index (κ3) is 5.85. The number of aliphatic hydroxyl groups excluding tert-OH is 1. The Morgan fingerprint density at radius 2 is 2.43 bits per heavy atom. The lowest BCUT2D eigenvalue weighted by atomic mass is 10.5. The number of hydrogen-bond donors (Lipinski definition) is 1. The van der Waals surface area contributed by atoms with Gasteiger partial charge in [0.25, 0.3) is 0 Å². The Labute approximate surface area is 41.9 Å². The molecule has 0 heterocycles. The van der Waals surface area contributed by atoms with Crippen LogP contribution < -0.4 is 0 Å². The van der Waals surface area contributed by atoms with Crippen molar-refractivity contribution in [2.75, 3.05) is 13.5 Å². The standard InChI is InChI=1S/C4H9FO2/c1-4(6)2-7-3-5/h4,6H,2-3H2,1H3/t4-/m0/s1. The van der Waals surface area contributed by atoms with Crippen LogP contribution in [0.5, 0.6) is 0 Å². The van der Waals surface area contributed by atoms with E-state index >= 15 is 0 Å². The summed E-state index contributed by atoms with van der Waals surface area (Å²) in [7, 11) is 0. The third-order valence-electron chi connectivity index (χ3n) is 0.436. The van der Waals surface area contributed by atoms with E-state index in [1.807, 2.05) is 0 Å². The normalized spacial score (nSPS) is 14.1. The summed E-state index contributed by atoms with van der Waals surface area (Å²) < 4.78 is 15.2. The molecule has 0 aromatic carbocycles. The van der Waals surface area contributed by atoms with Gasteiger partial charge in [0.15, 0.2) is 6.86 Å². The Hall–Kier alpha value is -0.150. The summed E-state index contributed by atoms with van der Waals surface area (Å²) in [4.78, 5) is 0. The molecule has 0 saturated heterocycles. The van der Waals surface area contributed by atoms with Gasteiger partial charge in [0.1, 0.15) is 0 Å². The van der Waals surface area contributed by atoms with Gasteiger partial charge >= 0.3 is 0 Å². The topological polar surface area (TPSA) is 29.5 Å². The van der Waals surface area contributed by atoms with Gasteiger partial charge in [-0.3, -0.25) is 0 Å². The minimum Gasteiger partial charge on any atom is -0.391 e. The first-order valence-electron chi connectivity index (χ1n) is 2.09. The molecule has 0 fully saturated rings. The lowest BCUT2D eigenvalue weighted by Gasteiger charge is -1.99. The molecule has 2 nitrogen and oxygen atoms in total. The zero-order valence-electron chi connectivity index (χ0n) is 4.22. The fourth-order valence-electron chi connectivity index (χ4n) is 0.215.